The summed E-state index contributed by atoms with van der Waals surface area (Å²) in [5, 5.41) is 13.4. The van der Waals surface area contributed by atoms with Gasteiger partial charge in [-0.05, 0) is 123 Å². The Labute approximate surface area is 323 Å². The third-order valence-electron chi connectivity index (χ3n) is 12.7. The van der Waals surface area contributed by atoms with E-state index in [1.165, 1.54) is 60.9 Å². The molecule has 1 aliphatic rings. The molecule has 53 heavy (non-hydrogen) atoms. The van der Waals surface area contributed by atoms with Crippen molar-refractivity contribution in [1.82, 2.24) is 0 Å². The van der Waals surface area contributed by atoms with Crippen molar-refractivity contribution in [3.8, 4) is 22.3 Å². The van der Waals surface area contributed by atoms with Crippen molar-refractivity contribution in [1.29, 1.82) is 0 Å². The van der Waals surface area contributed by atoms with Crippen molar-refractivity contribution in [2.45, 2.75) is 135 Å². The fraction of sp³-hybridized carbons (Fsp3) is 0.412. The smallest absolute Gasteiger partial charge is 0.0559 e. The van der Waals surface area contributed by atoms with E-state index in [9.17, 15) is 5.11 Å². The summed E-state index contributed by atoms with van der Waals surface area (Å²) >= 11 is 0. The van der Waals surface area contributed by atoms with Crippen LogP contribution >= 0.6 is 7.92 Å². The van der Waals surface area contributed by atoms with Crippen LogP contribution < -0.4 is 5.30 Å². The molecule has 5 aromatic carbocycles. The molecule has 1 nitrogen and oxygen atoms in total. The molecule has 1 saturated heterocycles. The molecule has 1 N–H and O–H groups in total. The maximum Gasteiger partial charge on any atom is 0.0559 e. The van der Waals surface area contributed by atoms with E-state index in [1.54, 1.807) is 0 Å². The van der Waals surface area contributed by atoms with E-state index in [2.05, 4.69) is 171 Å². The van der Waals surface area contributed by atoms with Crippen LogP contribution in [0.2, 0.25) is 0 Å². The van der Waals surface area contributed by atoms with Crippen molar-refractivity contribution in [2.75, 3.05) is 0 Å². The zero-order valence-electron chi connectivity index (χ0n) is 33.6. The molecular weight excluding hydrogens is 660 g/mol. The van der Waals surface area contributed by atoms with E-state index in [-0.39, 0.29) is 17.4 Å². The van der Waals surface area contributed by atoms with E-state index in [0.29, 0.717) is 23.7 Å². The minimum atomic E-state index is -0.865. The van der Waals surface area contributed by atoms with Crippen LogP contribution in [0.25, 0.3) is 22.3 Å². The summed E-state index contributed by atoms with van der Waals surface area (Å²) in [5.41, 5.74) is 14.8. The Morgan fingerprint density at radius 2 is 0.792 bits per heavy atom. The molecule has 2 heteroatoms. The summed E-state index contributed by atoms with van der Waals surface area (Å²) in [7, 11) is -0.865. The van der Waals surface area contributed by atoms with Crippen molar-refractivity contribution < 1.29 is 5.11 Å². The Bertz CT molecular complexity index is 1740. The van der Waals surface area contributed by atoms with Crippen molar-refractivity contribution in [3.05, 3.63) is 149 Å². The molecule has 6 atom stereocenters. The van der Waals surface area contributed by atoms with E-state index < -0.39 is 7.92 Å². The molecule has 0 saturated carbocycles. The fourth-order valence-corrected chi connectivity index (χ4v) is 12.8. The molecule has 5 aromatic rings. The number of hydrogen-bond donors (Lipinski definition) is 1. The van der Waals surface area contributed by atoms with Crippen LogP contribution in [0.15, 0.2) is 115 Å². The average Bonchev–Trinajstić information content (AvgIpc) is 3.21. The van der Waals surface area contributed by atoms with Gasteiger partial charge in [0.2, 0.25) is 0 Å². The lowest BCUT2D eigenvalue weighted by Gasteiger charge is -2.44. The van der Waals surface area contributed by atoms with Gasteiger partial charge in [-0.1, -0.05) is 179 Å². The van der Waals surface area contributed by atoms with Gasteiger partial charge in [-0.3, -0.25) is 0 Å². The van der Waals surface area contributed by atoms with Crippen LogP contribution in [0.4, 0.5) is 0 Å². The second-order valence-corrected chi connectivity index (χ2v) is 18.5. The number of hydrogen-bond acceptors (Lipinski definition) is 1. The quantitative estimate of drug-likeness (QED) is 0.120. The van der Waals surface area contributed by atoms with Gasteiger partial charge in [-0.25, -0.2) is 0 Å². The largest absolute Gasteiger partial charge is 0.393 e. The summed E-state index contributed by atoms with van der Waals surface area (Å²) in [5.74, 6) is 1.74. The van der Waals surface area contributed by atoms with Crippen molar-refractivity contribution in [2.24, 2.45) is 0 Å². The molecule has 0 radical (unpaired) electrons. The van der Waals surface area contributed by atoms with E-state index in [1.807, 2.05) is 0 Å². The molecule has 278 valence electrons. The first-order chi connectivity index (χ1) is 25.7. The van der Waals surface area contributed by atoms with E-state index >= 15 is 0 Å². The highest BCUT2D eigenvalue weighted by molar-refractivity contribution is 7.67. The lowest BCUT2D eigenvalue weighted by molar-refractivity contribution is 0.146. The molecule has 1 fully saturated rings. The fourth-order valence-electron chi connectivity index (χ4n) is 8.86. The van der Waals surface area contributed by atoms with E-state index in [0.717, 1.165) is 38.5 Å². The Hall–Kier alpha value is -3.51. The molecule has 1 aliphatic heterocycles. The highest BCUT2D eigenvalue weighted by Gasteiger charge is 2.42. The predicted molar refractivity (Wildman–Crippen MR) is 232 cm³/mol. The van der Waals surface area contributed by atoms with Gasteiger partial charge < -0.3 is 5.11 Å². The maximum absolute atomic E-state index is 11.8. The summed E-state index contributed by atoms with van der Waals surface area (Å²) in [6.07, 6.45) is 5.60. The minimum Gasteiger partial charge on any atom is -0.393 e. The summed E-state index contributed by atoms with van der Waals surface area (Å²) in [4.78, 5) is 0. The van der Waals surface area contributed by atoms with Crippen LogP contribution in [-0.4, -0.2) is 11.2 Å². The topological polar surface area (TPSA) is 20.2 Å². The number of aliphatic hydroxyl groups excluding tert-OH is 1. The standard InChI is InChI=1S/C51H63OP/c1-9-34(5)41-26-19-27-42(35(6)10-2)49(41)45-30-21-31-46(50-43(36(7)11-3)28-20-29-44(50)37(8)12-4)51(45)53-47(38-22-15-13-16-23-38)32-40(52)33-48(53)39-24-17-14-18-25-39/h13-31,34-37,40,47-48,52H,9-12,32-33H2,1-8H3. The zero-order valence-corrected chi connectivity index (χ0v) is 34.5. The Morgan fingerprint density at radius 3 is 1.11 bits per heavy atom. The predicted octanol–water partition coefficient (Wildman–Crippen LogP) is 14.8. The number of rotatable bonds is 13. The number of benzene rings is 5. The van der Waals surface area contributed by atoms with Gasteiger partial charge >= 0.3 is 0 Å². The molecule has 0 bridgehead atoms. The van der Waals surface area contributed by atoms with Gasteiger partial charge in [0.15, 0.2) is 0 Å². The lowest BCUT2D eigenvalue weighted by Crippen LogP contribution is -2.28. The molecule has 6 unspecified atom stereocenters. The zero-order chi connectivity index (χ0) is 37.6. The molecule has 1 heterocycles. The van der Waals surface area contributed by atoms with Crippen LogP contribution in [-0.2, 0) is 0 Å². The van der Waals surface area contributed by atoms with Crippen molar-refractivity contribution >= 4 is 13.2 Å². The molecule has 0 aliphatic carbocycles. The molecular formula is C51H63OP. The third-order valence-corrected chi connectivity index (χ3v) is 16.1. The average molecular weight is 723 g/mol. The summed E-state index contributed by atoms with van der Waals surface area (Å²) in [6.45, 7) is 19.0. The lowest BCUT2D eigenvalue weighted by atomic mass is 9.80. The maximum atomic E-state index is 11.8. The summed E-state index contributed by atoms with van der Waals surface area (Å²) in [6, 6.07) is 44.1. The monoisotopic (exact) mass is 722 g/mol. The second kappa shape index (κ2) is 17.8. The van der Waals surface area contributed by atoms with Crippen LogP contribution in [0.3, 0.4) is 0 Å². The third kappa shape index (κ3) is 8.00. The van der Waals surface area contributed by atoms with Gasteiger partial charge in [-0.15, -0.1) is 0 Å². The molecule has 0 aromatic heterocycles. The van der Waals surface area contributed by atoms with Gasteiger partial charge in [0.25, 0.3) is 0 Å². The first-order valence-electron chi connectivity index (χ1n) is 20.7. The van der Waals surface area contributed by atoms with E-state index in [4.69, 9.17) is 0 Å². The molecule has 0 amide bonds. The Balaban J connectivity index is 1.83. The van der Waals surface area contributed by atoms with Gasteiger partial charge in [-0.2, -0.15) is 0 Å². The van der Waals surface area contributed by atoms with Crippen LogP contribution in [0.5, 0.6) is 0 Å². The first kappa shape index (κ1) is 39.2. The SMILES string of the molecule is CCC(C)c1cccc(C(C)CC)c1-c1cccc(-c2c(C(C)CC)cccc2C(C)CC)c1P1C(c2ccccc2)CC(O)CC1c1ccccc1. The second-order valence-electron chi connectivity index (χ2n) is 15.9. The molecule has 0 spiro atoms. The van der Waals surface area contributed by atoms with Crippen LogP contribution in [0.1, 0.15) is 162 Å². The van der Waals surface area contributed by atoms with Gasteiger partial charge in [0, 0.05) is 11.3 Å². The Kier molecular flexibility index (Phi) is 13.1. The summed E-state index contributed by atoms with van der Waals surface area (Å²) < 4.78 is 0. The molecule has 6 rings (SSSR count). The highest BCUT2D eigenvalue weighted by atomic mass is 31.1. The van der Waals surface area contributed by atoms with Crippen LogP contribution in [0, 0.1) is 0 Å². The highest BCUT2D eigenvalue weighted by Crippen LogP contribution is 2.69. The number of aliphatic hydroxyl groups is 1. The normalized spacial score (nSPS) is 21.2. The Morgan fingerprint density at radius 1 is 0.472 bits per heavy atom. The first-order valence-corrected chi connectivity index (χ1v) is 22.2. The van der Waals surface area contributed by atoms with Gasteiger partial charge in [0.05, 0.1) is 6.10 Å². The minimum absolute atomic E-state index is 0.214. The van der Waals surface area contributed by atoms with Gasteiger partial charge in [0.1, 0.15) is 0 Å². The van der Waals surface area contributed by atoms with Crippen molar-refractivity contribution in [3.63, 3.8) is 0 Å².